The fourth-order valence-electron chi connectivity index (χ4n) is 1.09. The molecule has 0 saturated heterocycles. The highest BCUT2D eigenvalue weighted by Crippen LogP contribution is 2.22. The summed E-state index contributed by atoms with van der Waals surface area (Å²) in [7, 11) is 0. The highest BCUT2D eigenvalue weighted by atomic mass is 79.9. The molecule has 0 fully saturated rings. The van der Waals surface area contributed by atoms with Gasteiger partial charge in [-0.05, 0) is 43.8 Å². The first-order chi connectivity index (χ1) is 7.99. The topological polar surface area (TPSA) is 54.0 Å². The van der Waals surface area contributed by atoms with Crippen molar-refractivity contribution in [1.82, 2.24) is 10.3 Å². The first-order valence-corrected chi connectivity index (χ1v) is 6.89. The molecule has 2 N–H and O–H groups in total. The van der Waals surface area contributed by atoms with Crippen LogP contribution in [0.15, 0.2) is 21.2 Å². The van der Waals surface area contributed by atoms with E-state index in [1.165, 1.54) is 0 Å². The van der Waals surface area contributed by atoms with Crippen LogP contribution >= 0.6 is 31.9 Å². The van der Waals surface area contributed by atoms with Gasteiger partial charge in [0.15, 0.2) is 0 Å². The Morgan fingerprint density at radius 1 is 1.47 bits per heavy atom. The molecule has 0 aliphatic heterocycles. The Bertz CT molecular complexity index is 396. The lowest BCUT2D eigenvalue weighted by atomic mass is 10.2. The maximum absolute atomic E-state index is 11.5. The van der Waals surface area contributed by atoms with Gasteiger partial charge in [0, 0.05) is 17.2 Å². The number of nitrogens with zero attached hydrogens (tertiary/aromatic N) is 1. The third-order valence-electron chi connectivity index (χ3n) is 1.93. The van der Waals surface area contributed by atoms with Crippen LogP contribution in [0.5, 0.6) is 0 Å². The molecule has 0 aliphatic rings. The van der Waals surface area contributed by atoms with Crippen LogP contribution in [-0.2, 0) is 4.79 Å². The van der Waals surface area contributed by atoms with Gasteiger partial charge in [0.25, 0.3) is 0 Å². The van der Waals surface area contributed by atoms with Crippen molar-refractivity contribution in [1.29, 1.82) is 0 Å². The summed E-state index contributed by atoms with van der Waals surface area (Å²) in [5.74, 6) is 1.08. The molecule has 1 heterocycles. The van der Waals surface area contributed by atoms with Crippen molar-refractivity contribution >= 4 is 43.6 Å². The van der Waals surface area contributed by atoms with Crippen molar-refractivity contribution in [3.05, 3.63) is 21.2 Å². The molecule has 0 radical (unpaired) electrons. The molecule has 0 bridgehead atoms. The molecule has 6 heteroatoms. The first kappa shape index (κ1) is 14.4. The van der Waals surface area contributed by atoms with Gasteiger partial charge in [0.2, 0.25) is 5.91 Å². The van der Waals surface area contributed by atoms with E-state index in [0.717, 1.165) is 8.95 Å². The van der Waals surface area contributed by atoms with Gasteiger partial charge >= 0.3 is 0 Å². The Morgan fingerprint density at radius 3 is 2.76 bits per heavy atom. The summed E-state index contributed by atoms with van der Waals surface area (Å²) >= 11 is 6.69. The molecule has 94 valence electrons. The van der Waals surface area contributed by atoms with Crippen molar-refractivity contribution < 1.29 is 4.79 Å². The number of rotatable bonds is 5. The van der Waals surface area contributed by atoms with Crippen molar-refractivity contribution in [3.63, 3.8) is 0 Å². The number of carbonyl (C=O) groups is 1. The monoisotopic (exact) mass is 363 g/mol. The van der Waals surface area contributed by atoms with Gasteiger partial charge in [0.05, 0.1) is 11.0 Å². The predicted octanol–water partition coefficient (Wildman–Crippen LogP) is 2.79. The normalized spacial score (nSPS) is 10.4. The average molecular weight is 365 g/mol. The number of amides is 1. The summed E-state index contributed by atoms with van der Waals surface area (Å²) < 4.78 is 1.71. The summed E-state index contributed by atoms with van der Waals surface area (Å²) in [6.07, 6.45) is 1.68. The summed E-state index contributed by atoms with van der Waals surface area (Å²) in [6, 6.07) is 1.88. The molecule has 1 rings (SSSR count). The van der Waals surface area contributed by atoms with Crippen LogP contribution in [0.25, 0.3) is 0 Å². The molecule has 0 aromatic carbocycles. The second kappa shape index (κ2) is 6.96. The Kier molecular flexibility index (Phi) is 5.91. The van der Waals surface area contributed by atoms with Crippen LogP contribution in [-0.4, -0.2) is 24.0 Å². The fraction of sp³-hybridized carbons (Fsp3) is 0.455. The number of hydrogen-bond acceptors (Lipinski definition) is 3. The van der Waals surface area contributed by atoms with E-state index < -0.39 is 0 Å². The molecule has 0 atom stereocenters. The van der Waals surface area contributed by atoms with E-state index in [1.54, 1.807) is 6.20 Å². The third-order valence-corrected chi connectivity index (χ3v) is 2.97. The summed E-state index contributed by atoms with van der Waals surface area (Å²) in [4.78, 5) is 15.6. The number of carbonyl (C=O) groups excluding carboxylic acids is 1. The second-order valence-electron chi connectivity index (χ2n) is 4.04. The van der Waals surface area contributed by atoms with Crippen molar-refractivity contribution in [2.24, 2.45) is 5.92 Å². The largest absolute Gasteiger partial charge is 0.360 e. The number of hydrogen-bond donors (Lipinski definition) is 2. The van der Waals surface area contributed by atoms with E-state index >= 15 is 0 Å². The Labute approximate surface area is 118 Å². The number of pyridine rings is 1. The highest BCUT2D eigenvalue weighted by molar-refractivity contribution is 9.11. The highest BCUT2D eigenvalue weighted by Gasteiger charge is 2.05. The lowest BCUT2D eigenvalue weighted by Crippen LogP contribution is -2.32. The van der Waals surface area contributed by atoms with Crippen LogP contribution in [0.4, 0.5) is 5.82 Å². The quantitative estimate of drug-likeness (QED) is 0.844. The zero-order valence-corrected chi connectivity index (χ0v) is 12.9. The SMILES string of the molecule is CC(C)CNC(=O)CNc1ncc(Br)cc1Br. The van der Waals surface area contributed by atoms with Crippen LogP contribution in [0.1, 0.15) is 13.8 Å². The smallest absolute Gasteiger partial charge is 0.239 e. The van der Waals surface area contributed by atoms with Gasteiger partial charge < -0.3 is 10.6 Å². The van der Waals surface area contributed by atoms with Crippen LogP contribution in [0.2, 0.25) is 0 Å². The molecule has 1 aromatic heterocycles. The summed E-state index contributed by atoms with van der Waals surface area (Å²) in [5.41, 5.74) is 0. The zero-order chi connectivity index (χ0) is 12.8. The van der Waals surface area contributed by atoms with E-state index in [0.29, 0.717) is 18.3 Å². The Balaban J connectivity index is 2.42. The van der Waals surface area contributed by atoms with Gasteiger partial charge in [0.1, 0.15) is 5.82 Å². The molecule has 4 nitrogen and oxygen atoms in total. The molecule has 17 heavy (non-hydrogen) atoms. The molecular formula is C11H15Br2N3O. The van der Waals surface area contributed by atoms with E-state index in [9.17, 15) is 4.79 Å². The minimum Gasteiger partial charge on any atom is -0.360 e. The second-order valence-corrected chi connectivity index (χ2v) is 5.81. The number of anilines is 1. The summed E-state index contributed by atoms with van der Waals surface area (Å²) in [5, 5.41) is 5.80. The molecule has 0 unspecified atom stereocenters. The molecular weight excluding hydrogens is 350 g/mol. The van der Waals surface area contributed by atoms with E-state index in [2.05, 4.69) is 61.3 Å². The maximum atomic E-state index is 11.5. The number of aromatic nitrogens is 1. The minimum atomic E-state index is -0.0321. The van der Waals surface area contributed by atoms with Crippen LogP contribution in [0, 0.1) is 5.92 Å². The Morgan fingerprint density at radius 2 is 2.18 bits per heavy atom. The van der Waals surface area contributed by atoms with Crippen LogP contribution < -0.4 is 10.6 Å². The summed E-state index contributed by atoms with van der Waals surface area (Å²) in [6.45, 7) is 5.02. The molecule has 0 aliphatic carbocycles. The molecule has 0 spiro atoms. The van der Waals surface area contributed by atoms with Crippen molar-refractivity contribution in [2.75, 3.05) is 18.4 Å². The standard InChI is InChI=1S/C11H15Br2N3O/c1-7(2)4-14-10(17)6-16-11-9(13)3-8(12)5-15-11/h3,5,7H,4,6H2,1-2H3,(H,14,17)(H,15,16). The maximum Gasteiger partial charge on any atom is 0.239 e. The van der Waals surface area contributed by atoms with E-state index in [4.69, 9.17) is 0 Å². The van der Waals surface area contributed by atoms with Gasteiger partial charge in [-0.2, -0.15) is 0 Å². The molecule has 0 saturated carbocycles. The Hall–Kier alpha value is -0.620. The molecule has 1 amide bonds. The fourth-order valence-corrected chi connectivity index (χ4v) is 2.22. The van der Waals surface area contributed by atoms with Gasteiger partial charge in [-0.25, -0.2) is 4.98 Å². The average Bonchev–Trinajstić information content (AvgIpc) is 2.25. The molecule has 1 aromatic rings. The predicted molar refractivity (Wildman–Crippen MR) is 76.0 cm³/mol. The number of halogens is 2. The van der Waals surface area contributed by atoms with Gasteiger partial charge in [-0.15, -0.1) is 0 Å². The number of nitrogens with one attached hydrogen (secondary N) is 2. The zero-order valence-electron chi connectivity index (χ0n) is 9.76. The van der Waals surface area contributed by atoms with Gasteiger partial charge in [-0.3, -0.25) is 4.79 Å². The van der Waals surface area contributed by atoms with Crippen molar-refractivity contribution in [2.45, 2.75) is 13.8 Å². The first-order valence-electron chi connectivity index (χ1n) is 5.30. The van der Waals surface area contributed by atoms with Crippen LogP contribution in [0.3, 0.4) is 0 Å². The lowest BCUT2D eigenvalue weighted by molar-refractivity contribution is -0.119. The third kappa shape index (κ3) is 5.50. The van der Waals surface area contributed by atoms with Gasteiger partial charge in [-0.1, -0.05) is 13.8 Å². The minimum absolute atomic E-state index is 0.0321. The van der Waals surface area contributed by atoms with Crippen molar-refractivity contribution in [3.8, 4) is 0 Å². The lowest BCUT2D eigenvalue weighted by Gasteiger charge is -2.09. The van der Waals surface area contributed by atoms with E-state index in [1.807, 2.05) is 6.07 Å². The van der Waals surface area contributed by atoms with E-state index in [-0.39, 0.29) is 12.5 Å².